The second-order valence-electron chi connectivity index (χ2n) is 9.22. The number of rotatable bonds is 14. The lowest BCUT2D eigenvalue weighted by molar-refractivity contribution is 0.563. The van der Waals surface area contributed by atoms with Crippen LogP contribution >= 0.6 is 7.26 Å². The van der Waals surface area contributed by atoms with E-state index in [-0.39, 0.29) is 0 Å². The van der Waals surface area contributed by atoms with Gasteiger partial charge < -0.3 is 0 Å². The Kier molecular flexibility index (Phi) is 10.5. The van der Waals surface area contributed by atoms with Gasteiger partial charge in [0.25, 0.3) is 0 Å². The summed E-state index contributed by atoms with van der Waals surface area (Å²) in [5, 5.41) is 4.56. The van der Waals surface area contributed by atoms with Crippen LogP contribution in [0.3, 0.4) is 0 Å². The van der Waals surface area contributed by atoms with E-state index < -0.39 is 7.26 Å². The smallest absolute Gasteiger partial charge is 0.0654 e. The molecule has 0 unspecified atom stereocenters. The van der Waals surface area contributed by atoms with Crippen molar-refractivity contribution < 1.29 is 0 Å². The van der Waals surface area contributed by atoms with Crippen molar-refractivity contribution >= 4 is 23.2 Å². The maximum absolute atomic E-state index is 2.40. The second-order valence-corrected chi connectivity index (χ2v) is 12.8. The average molecular weight is 446 g/mol. The Bertz CT molecular complexity index is 828. The van der Waals surface area contributed by atoms with E-state index in [2.05, 4.69) is 98.8 Å². The van der Waals surface area contributed by atoms with Crippen LogP contribution in [0, 0.1) is 6.92 Å². The van der Waals surface area contributed by atoms with E-state index in [0.29, 0.717) is 0 Å². The quantitative estimate of drug-likeness (QED) is 0.173. The van der Waals surface area contributed by atoms with Crippen molar-refractivity contribution in [1.29, 1.82) is 0 Å². The zero-order valence-electron chi connectivity index (χ0n) is 20.3. The van der Waals surface area contributed by atoms with Crippen LogP contribution in [0.25, 0.3) is 0 Å². The lowest BCUT2D eigenvalue weighted by atomic mass is 10.1. The van der Waals surface area contributed by atoms with Gasteiger partial charge in [-0.05, 0) is 56.2 Å². The summed E-state index contributed by atoms with van der Waals surface area (Å²) < 4.78 is 0. The Morgan fingerprint density at radius 1 is 0.469 bits per heavy atom. The third kappa shape index (κ3) is 6.79. The molecule has 0 aliphatic carbocycles. The molecule has 0 amide bonds. The first-order chi connectivity index (χ1) is 15.8. The van der Waals surface area contributed by atoms with Crippen molar-refractivity contribution in [3.63, 3.8) is 0 Å². The monoisotopic (exact) mass is 445 g/mol. The largest absolute Gasteiger partial charge is 0.112 e. The molecule has 0 radical (unpaired) electrons. The van der Waals surface area contributed by atoms with Gasteiger partial charge in [-0.3, -0.25) is 0 Å². The fraction of sp³-hybridized carbons (Fsp3) is 0.419. The molecule has 0 fully saturated rings. The van der Waals surface area contributed by atoms with Crippen molar-refractivity contribution in [3.8, 4) is 0 Å². The van der Waals surface area contributed by atoms with Crippen LogP contribution in [0.5, 0.6) is 0 Å². The first kappa shape index (κ1) is 24.7. The fourth-order valence-electron chi connectivity index (χ4n) is 4.84. The maximum atomic E-state index is 2.40. The van der Waals surface area contributed by atoms with E-state index >= 15 is 0 Å². The average Bonchev–Trinajstić information content (AvgIpc) is 2.85. The molecule has 0 N–H and O–H groups in total. The van der Waals surface area contributed by atoms with Gasteiger partial charge in [-0.15, -0.1) is 0 Å². The van der Waals surface area contributed by atoms with Crippen LogP contribution in [-0.4, -0.2) is 6.16 Å². The molecule has 0 aromatic heterocycles. The fourth-order valence-corrected chi connectivity index (χ4v) is 9.22. The van der Waals surface area contributed by atoms with Crippen molar-refractivity contribution in [3.05, 3.63) is 90.5 Å². The summed E-state index contributed by atoms with van der Waals surface area (Å²) in [6.07, 6.45) is 15.1. The molecule has 1 heteroatoms. The molecule has 0 saturated heterocycles. The third-order valence-electron chi connectivity index (χ3n) is 6.72. The van der Waals surface area contributed by atoms with Crippen molar-refractivity contribution in [2.24, 2.45) is 0 Å². The minimum atomic E-state index is -1.65. The normalized spacial score (nSPS) is 11.6. The van der Waals surface area contributed by atoms with Gasteiger partial charge in [-0.2, -0.15) is 0 Å². The minimum Gasteiger partial charge on any atom is -0.0654 e. The van der Waals surface area contributed by atoms with Gasteiger partial charge in [-0.1, -0.05) is 112 Å². The molecule has 32 heavy (non-hydrogen) atoms. The van der Waals surface area contributed by atoms with Crippen LogP contribution in [-0.2, 0) is 0 Å². The molecule has 0 nitrogen and oxygen atoms in total. The Hall–Kier alpha value is -1.91. The molecule has 0 aliphatic heterocycles. The van der Waals surface area contributed by atoms with Crippen molar-refractivity contribution in [1.82, 2.24) is 0 Å². The summed E-state index contributed by atoms with van der Waals surface area (Å²) in [5.74, 6) is 0. The zero-order chi connectivity index (χ0) is 22.5. The van der Waals surface area contributed by atoms with E-state index in [9.17, 15) is 0 Å². The number of hydrogen-bond donors (Lipinski definition) is 0. The lowest BCUT2D eigenvalue weighted by Gasteiger charge is -2.28. The zero-order valence-corrected chi connectivity index (χ0v) is 21.2. The predicted octanol–water partition coefficient (Wildman–Crippen LogP) is 8.21. The SMILES string of the molecule is CCCCCCCCCCCC[P+](c1ccccc1)(c1ccccc1)c1ccc(C)cc1. The van der Waals surface area contributed by atoms with E-state index in [4.69, 9.17) is 0 Å². The van der Waals surface area contributed by atoms with Crippen LogP contribution in [0.4, 0.5) is 0 Å². The van der Waals surface area contributed by atoms with Crippen LogP contribution in [0.2, 0.25) is 0 Å². The molecule has 0 heterocycles. The molecule has 0 aliphatic rings. The summed E-state index contributed by atoms with van der Waals surface area (Å²) in [4.78, 5) is 0. The van der Waals surface area contributed by atoms with E-state index in [1.807, 2.05) is 0 Å². The molecule has 0 saturated carbocycles. The number of unbranched alkanes of at least 4 members (excludes halogenated alkanes) is 9. The van der Waals surface area contributed by atoms with Crippen LogP contribution in [0.15, 0.2) is 84.9 Å². The molecular weight excluding hydrogens is 403 g/mol. The van der Waals surface area contributed by atoms with Gasteiger partial charge in [0.1, 0.15) is 23.2 Å². The van der Waals surface area contributed by atoms with Crippen molar-refractivity contribution in [2.45, 2.75) is 78.1 Å². The number of benzene rings is 3. The standard InChI is InChI=1S/C31H42P/c1-3-4-5-6-7-8-9-10-11-18-27-32(29-19-14-12-15-20-29,30-21-16-13-17-22-30)31-25-23-28(2)24-26-31/h12-17,19-26H,3-11,18,27H2,1-2H3/q+1. The lowest BCUT2D eigenvalue weighted by Crippen LogP contribution is -2.33. The highest BCUT2D eigenvalue weighted by Gasteiger charge is 2.44. The molecule has 0 atom stereocenters. The third-order valence-corrected chi connectivity index (χ3v) is 11.2. The van der Waals surface area contributed by atoms with E-state index in [0.717, 1.165) is 0 Å². The van der Waals surface area contributed by atoms with E-state index in [1.54, 1.807) is 0 Å². The molecule has 0 bridgehead atoms. The highest BCUT2D eigenvalue weighted by atomic mass is 31.2. The summed E-state index contributed by atoms with van der Waals surface area (Å²) in [6.45, 7) is 4.49. The summed E-state index contributed by atoms with van der Waals surface area (Å²) in [5.41, 5.74) is 1.34. The van der Waals surface area contributed by atoms with Gasteiger partial charge in [0.2, 0.25) is 0 Å². The number of hydrogen-bond acceptors (Lipinski definition) is 0. The van der Waals surface area contributed by atoms with Crippen LogP contribution in [0.1, 0.15) is 76.7 Å². The first-order valence-corrected chi connectivity index (χ1v) is 14.8. The van der Waals surface area contributed by atoms with Gasteiger partial charge in [0, 0.05) is 0 Å². The predicted molar refractivity (Wildman–Crippen MR) is 147 cm³/mol. The summed E-state index contributed by atoms with van der Waals surface area (Å²) >= 11 is 0. The summed E-state index contributed by atoms with van der Waals surface area (Å²) in [6, 6.07) is 32.1. The Balaban J connectivity index is 1.73. The van der Waals surface area contributed by atoms with Gasteiger partial charge >= 0.3 is 0 Å². The number of aryl methyl sites for hydroxylation is 1. The highest BCUT2D eigenvalue weighted by Crippen LogP contribution is 2.56. The molecule has 3 rings (SSSR count). The summed E-state index contributed by atoms with van der Waals surface area (Å²) in [7, 11) is -1.65. The first-order valence-electron chi connectivity index (χ1n) is 12.8. The molecule has 170 valence electrons. The Morgan fingerprint density at radius 3 is 1.34 bits per heavy atom. The molecule has 0 spiro atoms. The topological polar surface area (TPSA) is 0 Å². The van der Waals surface area contributed by atoms with Gasteiger partial charge in [-0.25, -0.2) is 0 Å². The Labute approximate surface area is 197 Å². The maximum Gasteiger partial charge on any atom is 0.112 e. The second kappa shape index (κ2) is 13.6. The van der Waals surface area contributed by atoms with E-state index in [1.165, 1.54) is 91.8 Å². The molecular formula is C31H42P+. The van der Waals surface area contributed by atoms with Gasteiger partial charge in [0.05, 0.1) is 6.16 Å². The highest BCUT2D eigenvalue weighted by molar-refractivity contribution is 7.95. The molecule has 3 aromatic carbocycles. The minimum absolute atomic E-state index is 1.26. The van der Waals surface area contributed by atoms with Crippen molar-refractivity contribution in [2.75, 3.05) is 6.16 Å². The molecule has 3 aromatic rings. The van der Waals surface area contributed by atoms with Crippen LogP contribution < -0.4 is 15.9 Å². The van der Waals surface area contributed by atoms with Gasteiger partial charge in [0.15, 0.2) is 0 Å². The Morgan fingerprint density at radius 2 is 0.875 bits per heavy atom.